The van der Waals surface area contributed by atoms with Crippen molar-refractivity contribution in [2.45, 2.75) is 23.1 Å². The average Bonchev–Trinajstić information content (AvgIpc) is 3.45. The molecule has 0 aliphatic carbocycles. The van der Waals surface area contributed by atoms with Crippen LogP contribution in [0.1, 0.15) is 11.3 Å². The lowest BCUT2D eigenvalue weighted by Gasteiger charge is -2.22. The summed E-state index contributed by atoms with van der Waals surface area (Å²) < 4.78 is 27.8. The van der Waals surface area contributed by atoms with Crippen LogP contribution in [-0.2, 0) is 21.2 Å². The molecule has 0 saturated carbocycles. The number of carbonyl (C=O) groups is 1. The number of thiophene rings is 1. The first-order valence-electron chi connectivity index (χ1n) is 9.40. The molecule has 0 amide bonds. The van der Waals surface area contributed by atoms with E-state index in [9.17, 15) is 13.2 Å². The smallest absolute Gasteiger partial charge is 0.244 e. The molecule has 1 aliphatic rings. The van der Waals surface area contributed by atoms with Crippen molar-refractivity contribution in [3.63, 3.8) is 0 Å². The number of benzene rings is 2. The van der Waals surface area contributed by atoms with Crippen LogP contribution in [0.15, 0.2) is 77.0 Å². The minimum absolute atomic E-state index is 0.0228. The van der Waals surface area contributed by atoms with Gasteiger partial charge in [-0.1, -0.05) is 48.5 Å². The van der Waals surface area contributed by atoms with Crippen molar-refractivity contribution < 1.29 is 13.2 Å². The Kier molecular flexibility index (Phi) is 6.20. The van der Waals surface area contributed by atoms with Crippen LogP contribution in [0.4, 0.5) is 0 Å². The SMILES string of the molecule is O=C(CCc1cccs1)C1SCCN1S(=O)(=O)c1ccc(-c2ccccc2)cc1. The molecule has 1 atom stereocenters. The zero-order valence-corrected chi connectivity index (χ0v) is 18.2. The summed E-state index contributed by atoms with van der Waals surface area (Å²) in [5.41, 5.74) is 2.00. The van der Waals surface area contributed by atoms with E-state index < -0.39 is 15.4 Å². The molecule has 4 nitrogen and oxygen atoms in total. The third kappa shape index (κ3) is 4.48. The number of sulfonamides is 1. The molecule has 3 aromatic rings. The fraction of sp³-hybridized carbons (Fsp3) is 0.227. The van der Waals surface area contributed by atoms with E-state index in [1.54, 1.807) is 23.5 Å². The van der Waals surface area contributed by atoms with Gasteiger partial charge in [0, 0.05) is 23.6 Å². The molecule has 0 spiro atoms. The molecule has 1 aliphatic heterocycles. The molecule has 1 unspecified atom stereocenters. The molecule has 1 fully saturated rings. The molecule has 7 heteroatoms. The van der Waals surface area contributed by atoms with Crippen molar-refractivity contribution in [3.05, 3.63) is 77.0 Å². The third-order valence-electron chi connectivity index (χ3n) is 4.89. The van der Waals surface area contributed by atoms with Gasteiger partial charge in [-0.25, -0.2) is 8.42 Å². The monoisotopic (exact) mass is 443 g/mol. The fourth-order valence-electron chi connectivity index (χ4n) is 3.36. The molecule has 0 bridgehead atoms. The molecule has 1 saturated heterocycles. The predicted molar refractivity (Wildman–Crippen MR) is 120 cm³/mol. The van der Waals surface area contributed by atoms with Crippen LogP contribution in [0.5, 0.6) is 0 Å². The Balaban J connectivity index is 1.50. The van der Waals surface area contributed by atoms with E-state index in [2.05, 4.69) is 0 Å². The largest absolute Gasteiger partial charge is 0.297 e. The number of rotatable bonds is 7. The highest BCUT2D eigenvalue weighted by atomic mass is 32.2. The Labute approximate surface area is 179 Å². The van der Waals surface area contributed by atoms with Crippen molar-refractivity contribution in [1.29, 1.82) is 0 Å². The van der Waals surface area contributed by atoms with E-state index in [1.165, 1.54) is 16.1 Å². The van der Waals surface area contributed by atoms with Gasteiger partial charge in [0.2, 0.25) is 10.0 Å². The van der Waals surface area contributed by atoms with Gasteiger partial charge in [-0.2, -0.15) is 4.31 Å². The van der Waals surface area contributed by atoms with Gasteiger partial charge in [0.1, 0.15) is 5.37 Å². The highest BCUT2D eigenvalue weighted by Crippen LogP contribution is 2.32. The first-order valence-corrected chi connectivity index (χ1v) is 12.8. The van der Waals surface area contributed by atoms with Gasteiger partial charge in [-0.15, -0.1) is 23.1 Å². The van der Waals surface area contributed by atoms with Crippen molar-refractivity contribution in [2.24, 2.45) is 0 Å². The van der Waals surface area contributed by atoms with E-state index in [1.807, 2.05) is 60.0 Å². The third-order valence-corrected chi connectivity index (χ3v) is 9.09. The molecule has 150 valence electrons. The molecule has 0 radical (unpaired) electrons. The van der Waals surface area contributed by atoms with Crippen LogP contribution in [0.25, 0.3) is 11.1 Å². The summed E-state index contributed by atoms with van der Waals surface area (Å²) in [6, 6.07) is 20.7. The fourth-order valence-corrected chi connectivity index (χ4v) is 7.26. The zero-order chi connectivity index (χ0) is 20.3. The number of nitrogens with zero attached hydrogens (tertiary/aromatic N) is 1. The zero-order valence-electron chi connectivity index (χ0n) is 15.7. The van der Waals surface area contributed by atoms with Crippen LogP contribution >= 0.6 is 23.1 Å². The maximum atomic E-state index is 13.2. The highest BCUT2D eigenvalue weighted by molar-refractivity contribution is 8.02. The van der Waals surface area contributed by atoms with Crippen molar-refractivity contribution >= 4 is 38.9 Å². The highest BCUT2D eigenvalue weighted by Gasteiger charge is 2.39. The Morgan fingerprint density at radius 2 is 1.69 bits per heavy atom. The van der Waals surface area contributed by atoms with Crippen molar-refractivity contribution in [3.8, 4) is 11.1 Å². The number of Topliss-reactive ketones (excluding diaryl/α,β-unsaturated/α-hetero) is 1. The Morgan fingerprint density at radius 3 is 2.38 bits per heavy atom. The Morgan fingerprint density at radius 1 is 0.966 bits per heavy atom. The number of thioether (sulfide) groups is 1. The lowest BCUT2D eigenvalue weighted by atomic mass is 10.1. The molecule has 2 aromatic carbocycles. The maximum absolute atomic E-state index is 13.2. The topological polar surface area (TPSA) is 54.5 Å². The average molecular weight is 444 g/mol. The second kappa shape index (κ2) is 8.83. The molecule has 0 N–H and O–H groups in total. The van der Waals surface area contributed by atoms with Crippen LogP contribution in [0.2, 0.25) is 0 Å². The maximum Gasteiger partial charge on any atom is 0.244 e. The Hall–Kier alpha value is -1.93. The lowest BCUT2D eigenvalue weighted by Crippen LogP contribution is -2.39. The van der Waals surface area contributed by atoms with Gasteiger partial charge in [-0.05, 0) is 41.1 Å². The van der Waals surface area contributed by atoms with Crippen LogP contribution < -0.4 is 0 Å². The number of carbonyl (C=O) groups excluding carboxylic acids is 1. The minimum atomic E-state index is -3.71. The summed E-state index contributed by atoms with van der Waals surface area (Å²) in [5.74, 6) is 0.613. The second-order valence-corrected chi connectivity index (χ2v) is 10.9. The molecule has 4 rings (SSSR count). The summed E-state index contributed by atoms with van der Waals surface area (Å²) in [5, 5.41) is 1.36. The summed E-state index contributed by atoms with van der Waals surface area (Å²) >= 11 is 3.04. The summed E-state index contributed by atoms with van der Waals surface area (Å²) in [7, 11) is -3.71. The van der Waals surface area contributed by atoms with Crippen LogP contribution in [0.3, 0.4) is 0 Å². The standard InChI is InChI=1S/C22H21NO3S3/c24-21(13-10-19-7-4-15-27-19)22-23(14-16-28-22)29(25,26)20-11-8-18(9-12-20)17-5-2-1-3-6-17/h1-9,11-12,15,22H,10,13-14,16H2. The van der Waals surface area contributed by atoms with Gasteiger partial charge in [0.25, 0.3) is 0 Å². The second-order valence-electron chi connectivity index (χ2n) is 6.77. The lowest BCUT2D eigenvalue weighted by molar-refractivity contribution is -0.120. The van der Waals surface area contributed by atoms with Crippen molar-refractivity contribution in [1.82, 2.24) is 4.31 Å². The normalized spacial score (nSPS) is 17.4. The first kappa shape index (κ1) is 20.3. The predicted octanol–water partition coefficient (Wildman–Crippen LogP) is 4.68. The van der Waals surface area contributed by atoms with Crippen LogP contribution in [0, 0.1) is 0 Å². The number of aryl methyl sites for hydroxylation is 1. The molecular weight excluding hydrogens is 422 g/mol. The van der Waals surface area contributed by atoms with E-state index in [0.717, 1.165) is 16.0 Å². The number of hydrogen-bond donors (Lipinski definition) is 0. The number of hydrogen-bond acceptors (Lipinski definition) is 5. The summed E-state index contributed by atoms with van der Waals surface area (Å²) in [4.78, 5) is 14.1. The number of ketones is 1. The van der Waals surface area contributed by atoms with Gasteiger partial charge in [0.15, 0.2) is 5.78 Å². The summed E-state index contributed by atoms with van der Waals surface area (Å²) in [6.45, 7) is 0.364. The van der Waals surface area contributed by atoms with E-state index in [0.29, 0.717) is 25.1 Å². The Bertz CT molecular complexity index is 1060. The first-order chi connectivity index (χ1) is 14.1. The minimum Gasteiger partial charge on any atom is -0.297 e. The molecular formula is C22H21NO3S3. The van der Waals surface area contributed by atoms with Gasteiger partial charge in [-0.3, -0.25) is 4.79 Å². The van der Waals surface area contributed by atoms with Gasteiger partial charge >= 0.3 is 0 Å². The van der Waals surface area contributed by atoms with E-state index >= 15 is 0 Å². The molecule has 1 aromatic heterocycles. The van der Waals surface area contributed by atoms with E-state index in [4.69, 9.17) is 0 Å². The van der Waals surface area contributed by atoms with Crippen LogP contribution in [-0.4, -0.2) is 36.2 Å². The van der Waals surface area contributed by atoms with Crippen molar-refractivity contribution in [2.75, 3.05) is 12.3 Å². The van der Waals surface area contributed by atoms with Gasteiger partial charge in [0.05, 0.1) is 4.90 Å². The molecule has 2 heterocycles. The quantitative estimate of drug-likeness (QED) is 0.532. The van der Waals surface area contributed by atoms with Gasteiger partial charge < -0.3 is 0 Å². The van der Waals surface area contributed by atoms with E-state index in [-0.39, 0.29) is 10.7 Å². The molecule has 29 heavy (non-hydrogen) atoms. The summed E-state index contributed by atoms with van der Waals surface area (Å²) in [6.07, 6.45) is 1.02.